The average Bonchev–Trinajstić information content (AvgIpc) is 3.07. The van der Waals surface area contributed by atoms with Gasteiger partial charge in [-0.25, -0.2) is 4.79 Å². The van der Waals surface area contributed by atoms with E-state index >= 15 is 0 Å². The maximum absolute atomic E-state index is 12.0. The maximum Gasteiger partial charge on any atom is 0.407 e. The van der Waals surface area contributed by atoms with Crippen LogP contribution in [0.1, 0.15) is 39.4 Å². The Morgan fingerprint density at radius 2 is 2.23 bits per heavy atom. The van der Waals surface area contributed by atoms with Gasteiger partial charge in [-0.1, -0.05) is 0 Å². The van der Waals surface area contributed by atoms with Gasteiger partial charge in [0, 0.05) is 19.1 Å². The SMILES string of the molecule is CC(C)(C)OC(=O)N[C@@H]1CC[C@H]2CN(Cc3ccco3)C[C@@H]21. The number of ether oxygens (including phenoxy) is 1. The summed E-state index contributed by atoms with van der Waals surface area (Å²) in [6.45, 7) is 8.66. The molecule has 0 unspecified atom stereocenters. The van der Waals surface area contributed by atoms with Crippen molar-refractivity contribution < 1.29 is 13.9 Å². The van der Waals surface area contributed by atoms with Crippen LogP contribution in [0.5, 0.6) is 0 Å². The number of nitrogens with one attached hydrogen (secondary N) is 1. The number of amides is 1. The van der Waals surface area contributed by atoms with Crippen molar-refractivity contribution >= 4 is 6.09 Å². The van der Waals surface area contributed by atoms with Crippen LogP contribution in [-0.2, 0) is 11.3 Å². The smallest absolute Gasteiger partial charge is 0.407 e. The van der Waals surface area contributed by atoms with Gasteiger partial charge in [0.15, 0.2) is 0 Å². The second kappa shape index (κ2) is 5.95. The molecule has 0 radical (unpaired) electrons. The maximum atomic E-state index is 12.0. The Bertz CT molecular complexity index is 506. The molecule has 3 rings (SSSR count). The highest BCUT2D eigenvalue weighted by Gasteiger charge is 2.43. The molecule has 1 saturated carbocycles. The Morgan fingerprint density at radius 3 is 2.91 bits per heavy atom. The van der Waals surface area contributed by atoms with Crippen molar-refractivity contribution in [1.82, 2.24) is 10.2 Å². The van der Waals surface area contributed by atoms with Gasteiger partial charge in [0.2, 0.25) is 0 Å². The fourth-order valence-electron chi connectivity index (χ4n) is 3.75. The third kappa shape index (κ3) is 3.64. The highest BCUT2D eigenvalue weighted by atomic mass is 16.6. The van der Waals surface area contributed by atoms with Gasteiger partial charge in [0.25, 0.3) is 0 Å². The Kier molecular flexibility index (Phi) is 4.17. The van der Waals surface area contributed by atoms with Crippen molar-refractivity contribution in [1.29, 1.82) is 0 Å². The third-order valence-electron chi connectivity index (χ3n) is 4.59. The Hall–Kier alpha value is -1.49. The molecule has 22 heavy (non-hydrogen) atoms. The zero-order valence-corrected chi connectivity index (χ0v) is 13.7. The Balaban J connectivity index is 1.53. The summed E-state index contributed by atoms with van der Waals surface area (Å²) >= 11 is 0. The summed E-state index contributed by atoms with van der Waals surface area (Å²) in [6.07, 6.45) is 3.67. The second-order valence-corrected chi connectivity index (χ2v) is 7.53. The van der Waals surface area contributed by atoms with E-state index in [1.165, 1.54) is 6.42 Å². The van der Waals surface area contributed by atoms with Crippen molar-refractivity contribution in [2.75, 3.05) is 13.1 Å². The van der Waals surface area contributed by atoms with Crippen LogP contribution in [0.25, 0.3) is 0 Å². The topological polar surface area (TPSA) is 54.7 Å². The van der Waals surface area contributed by atoms with Crippen molar-refractivity contribution in [3.8, 4) is 0 Å². The standard InChI is InChI=1S/C17H26N2O3/c1-17(2,3)22-16(20)18-15-7-6-12-9-19(11-14(12)15)10-13-5-4-8-21-13/h4-5,8,12,14-15H,6-7,9-11H2,1-3H3,(H,18,20)/t12-,14-,15+/m0/s1. The molecule has 1 aromatic heterocycles. The molecule has 3 atom stereocenters. The molecule has 5 heteroatoms. The molecule has 2 fully saturated rings. The molecule has 1 N–H and O–H groups in total. The molecule has 0 aromatic carbocycles. The molecular weight excluding hydrogens is 280 g/mol. The van der Waals surface area contributed by atoms with Crippen molar-refractivity contribution in [2.45, 2.75) is 51.8 Å². The van der Waals surface area contributed by atoms with Gasteiger partial charge in [-0.3, -0.25) is 4.90 Å². The molecule has 0 bridgehead atoms. The molecule has 1 aliphatic carbocycles. The number of fused-ring (bicyclic) bond motifs is 1. The van der Waals surface area contributed by atoms with Gasteiger partial charge in [-0.05, 0) is 57.6 Å². The van der Waals surface area contributed by atoms with Crippen LogP contribution >= 0.6 is 0 Å². The van der Waals surface area contributed by atoms with Gasteiger partial charge in [-0.15, -0.1) is 0 Å². The molecule has 122 valence electrons. The van der Waals surface area contributed by atoms with Crippen LogP contribution in [0, 0.1) is 11.8 Å². The number of furan rings is 1. The summed E-state index contributed by atoms with van der Waals surface area (Å²) in [4.78, 5) is 14.4. The Morgan fingerprint density at radius 1 is 1.41 bits per heavy atom. The van der Waals surface area contributed by atoms with E-state index in [-0.39, 0.29) is 12.1 Å². The number of nitrogens with zero attached hydrogens (tertiary/aromatic N) is 1. The van der Waals surface area contributed by atoms with E-state index in [1.807, 2.05) is 32.9 Å². The molecular formula is C17H26N2O3. The molecule has 1 aliphatic heterocycles. The van der Waals surface area contributed by atoms with Gasteiger partial charge < -0.3 is 14.5 Å². The molecule has 1 aromatic rings. The van der Waals surface area contributed by atoms with Crippen LogP contribution in [0.3, 0.4) is 0 Å². The lowest BCUT2D eigenvalue weighted by atomic mass is 9.98. The normalized spacial score (nSPS) is 28.6. The van der Waals surface area contributed by atoms with Crippen molar-refractivity contribution in [2.24, 2.45) is 11.8 Å². The number of carbonyl (C=O) groups is 1. The van der Waals surface area contributed by atoms with Crippen LogP contribution in [0.4, 0.5) is 4.79 Å². The van der Waals surface area contributed by atoms with E-state index in [4.69, 9.17) is 9.15 Å². The molecule has 1 amide bonds. The lowest BCUT2D eigenvalue weighted by Crippen LogP contribution is -2.42. The Labute approximate surface area is 132 Å². The lowest BCUT2D eigenvalue weighted by molar-refractivity contribution is 0.0491. The van der Waals surface area contributed by atoms with Crippen LogP contribution in [-0.4, -0.2) is 35.7 Å². The van der Waals surface area contributed by atoms with E-state index < -0.39 is 5.60 Å². The van der Waals surface area contributed by atoms with Crippen LogP contribution in [0.2, 0.25) is 0 Å². The fraction of sp³-hybridized carbons (Fsp3) is 0.706. The minimum absolute atomic E-state index is 0.237. The molecule has 5 nitrogen and oxygen atoms in total. The second-order valence-electron chi connectivity index (χ2n) is 7.53. The van der Waals surface area contributed by atoms with Gasteiger partial charge >= 0.3 is 6.09 Å². The lowest BCUT2D eigenvalue weighted by Gasteiger charge is -2.24. The number of rotatable bonds is 3. The zero-order chi connectivity index (χ0) is 15.7. The number of hydrogen-bond donors (Lipinski definition) is 1. The highest BCUT2D eigenvalue weighted by Crippen LogP contribution is 2.38. The summed E-state index contributed by atoms with van der Waals surface area (Å²) in [5, 5.41) is 3.07. The molecule has 2 heterocycles. The number of likely N-dealkylation sites (tertiary alicyclic amines) is 1. The minimum Gasteiger partial charge on any atom is -0.468 e. The van der Waals surface area contributed by atoms with E-state index in [1.54, 1.807) is 6.26 Å². The summed E-state index contributed by atoms with van der Waals surface area (Å²) < 4.78 is 10.8. The summed E-state index contributed by atoms with van der Waals surface area (Å²) in [6, 6.07) is 4.19. The molecule has 0 spiro atoms. The van der Waals surface area contributed by atoms with E-state index in [2.05, 4.69) is 10.2 Å². The van der Waals surface area contributed by atoms with Crippen molar-refractivity contribution in [3.63, 3.8) is 0 Å². The number of hydrogen-bond acceptors (Lipinski definition) is 4. The molecule has 1 saturated heterocycles. The zero-order valence-electron chi connectivity index (χ0n) is 13.7. The van der Waals surface area contributed by atoms with Crippen LogP contribution in [0.15, 0.2) is 22.8 Å². The van der Waals surface area contributed by atoms with E-state index in [0.29, 0.717) is 11.8 Å². The molecule has 2 aliphatic rings. The van der Waals surface area contributed by atoms with Gasteiger partial charge in [-0.2, -0.15) is 0 Å². The highest BCUT2D eigenvalue weighted by molar-refractivity contribution is 5.68. The monoisotopic (exact) mass is 306 g/mol. The third-order valence-corrected chi connectivity index (χ3v) is 4.59. The predicted molar refractivity (Wildman–Crippen MR) is 83.4 cm³/mol. The average molecular weight is 306 g/mol. The van der Waals surface area contributed by atoms with Crippen molar-refractivity contribution in [3.05, 3.63) is 24.2 Å². The van der Waals surface area contributed by atoms with Crippen LogP contribution < -0.4 is 5.32 Å². The van der Waals surface area contributed by atoms with Gasteiger partial charge in [0.1, 0.15) is 11.4 Å². The minimum atomic E-state index is -0.441. The van der Waals surface area contributed by atoms with E-state index in [0.717, 1.165) is 31.8 Å². The summed E-state index contributed by atoms with van der Waals surface area (Å²) in [7, 11) is 0. The summed E-state index contributed by atoms with van der Waals surface area (Å²) in [5.41, 5.74) is -0.441. The number of alkyl carbamates (subject to hydrolysis) is 1. The first-order valence-corrected chi connectivity index (χ1v) is 8.15. The quantitative estimate of drug-likeness (QED) is 0.932. The van der Waals surface area contributed by atoms with Gasteiger partial charge in [0.05, 0.1) is 12.8 Å². The van der Waals surface area contributed by atoms with E-state index in [9.17, 15) is 4.79 Å². The predicted octanol–water partition coefficient (Wildman–Crippen LogP) is 3.01. The first-order valence-electron chi connectivity index (χ1n) is 8.15. The summed E-state index contributed by atoms with van der Waals surface area (Å²) in [5.74, 6) is 2.22. The fourth-order valence-corrected chi connectivity index (χ4v) is 3.75. The largest absolute Gasteiger partial charge is 0.468 e. The first-order chi connectivity index (χ1) is 10.4. The number of carbonyl (C=O) groups excluding carboxylic acids is 1. The first kappa shape index (κ1) is 15.4.